The minimum atomic E-state index is -0.115. The molecule has 2 aromatic rings. The second-order valence-electron chi connectivity index (χ2n) is 4.83. The van der Waals surface area contributed by atoms with Gasteiger partial charge in [0.25, 0.3) is 5.91 Å². The molecule has 110 valence electrons. The number of hydrogen-bond acceptors (Lipinski definition) is 5. The van der Waals surface area contributed by atoms with E-state index in [-0.39, 0.29) is 5.91 Å². The molecule has 1 aliphatic rings. The molecule has 1 amide bonds. The van der Waals surface area contributed by atoms with Crippen molar-refractivity contribution in [1.29, 1.82) is 0 Å². The van der Waals surface area contributed by atoms with E-state index >= 15 is 0 Å². The highest BCUT2D eigenvalue weighted by Crippen LogP contribution is 2.25. The fourth-order valence-corrected chi connectivity index (χ4v) is 2.32. The first-order chi connectivity index (χ1) is 10.3. The standard InChI is InChI=1S/C14H18N6O/c1-2-20-9-18-19-13(20)8-17-14(21)10-3-4-11-12(7-10)16-6-5-15-11/h3-4,7,9,15-16H,2,5-6,8H2,1H3,(H,17,21). The molecule has 0 saturated heterocycles. The number of anilines is 2. The van der Waals surface area contributed by atoms with Crippen LogP contribution in [0.4, 0.5) is 11.4 Å². The van der Waals surface area contributed by atoms with E-state index in [0.717, 1.165) is 36.8 Å². The normalized spacial score (nSPS) is 13.0. The zero-order chi connectivity index (χ0) is 14.7. The number of nitrogens with zero attached hydrogens (tertiary/aromatic N) is 3. The van der Waals surface area contributed by atoms with Crippen LogP contribution < -0.4 is 16.0 Å². The number of amides is 1. The Kier molecular flexibility index (Phi) is 3.72. The molecule has 3 N–H and O–H groups in total. The Balaban J connectivity index is 1.68. The third-order valence-corrected chi connectivity index (χ3v) is 3.48. The van der Waals surface area contributed by atoms with E-state index in [1.165, 1.54) is 0 Å². The number of rotatable bonds is 4. The Morgan fingerprint density at radius 3 is 2.95 bits per heavy atom. The monoisotopic (exact) mass is 286 g/mol. The predicted molar refractivity (Wildman–Crippen MR) is 80.3 cm³/mol. The van der Waals surface area contributed by atoms with Crippen LogP contribution in [0.3, 0.4) is 0 Å². The third kappa shape index (κ3) is 2.81. The molecular formula is C14H18N6O. The van der Waals surface area contributed by atoms with Crippen molar-refractivity contribution in [3.8, 4) is 0 Å². The number of nitrogens with one attached hydrogen (secondary N) is 3. The molecule has 7 nitrogen and oxygen atoms in total. The van der Waals surface area contributed by atoms with Gasteiger partial charge in [0.05, 0.1) is 17.9 Å². The van der Waals surface area contributed by atoms with Gasteiger partial charge < -0.3 is 20.5 Å². The number of hydrogen-bond donors (Lipinski definition) is 3. The van der Waals surface area contributed by atoms with Crippen LogP contribution >= 0.6 is 0 Å². The Morgan fingerprint density at radius 2 is 2.14 bits per heavy atom. The maximum atomic E-state index is 12.2. The van der Waals surface area contributed by atoms with E-state index < -0.39 is 0 Å². The van der Waals surface area contributed by atoms with E-state index in [1.807, 2.05) is 29.7 Å². The SMILES string of the molecule is CCn1cnnc1CNC(=O)c1ccc2c(c1)NCCN2. The summed E-state index contributed by atoms with van der Waals surface area (Å²) in [6.45, 7) is 4.92. The van der Waals surface area contributed by atoms with Gasteiger partial charge in [-0.3, -0.25) is 4.79 Å². The van der Waals surface area contributed by atoms with Gasteiger partial charge in [-0.15, -0.1) is 10.2 Å². The van der Waals surface area contributed by atoms with Crippen LogP contribution in [-0.4, -0.2) is 33.8 Å². The zero-order valence-corrected chi connectivity index (χ0v) is 11.9. The molecule has 0 fully saturated rings. The van der Waals surface area contributed by atoms with Crippen molar-refractivity contribution in [2.45, 2.75) is 20.0 Å². The molecule has 0 atom stereocenters. The molecule has 0 bridgehead atoms. The van der Waals surface area contributed by atoms with Gasteiger partial charge in [0.1, 0.15) is 6.33 Å². The molecule has 2 heterocycles. The van der Waals surface area contributed by atoms with Crippen LogP contribution in [-0.2, 0) is 13.1 Å². The zero-order valence-electron chi connectivity index (χ0n) is 11.9. The molecule has 0 aliphatic carbocycles. The predicted octanol–water partition coefficient (Wildman–Crippen LogP) is 1.07. The van der Waals surface area contributed by atoms with E-state index in [0.29, 0.717) is 12.1 Å². The van der Waals surface area contributed by atoms with Gasteiger partial charge in [0, 0.05) is 25.2 Å². The maximum Gasteiger partial charge on any atom is 0.251 e. The van der Waals surface area contributed by atoms with Gasteiger partial charge in [-0.25, -0.2) is 0 Å². The summed E-state index contributed by atoms with van der Waals surface area (Å²) in [6, 6.07) is 5.60. The summed E-state index contributed by atoms with van der Waals surface area (Å²) >= 11 is 0. The van der Waals surface area contributed by atoms with E-state index in [4.69, 9.17) is 0 Å². The van der Waals surface area contributed by atoms with Crippen molar-refractivity contribution in [3.05, 3.63) is 35.9 Å². The van der Waals surface area contributed by atoms with Crippen molar-refractivity contribution in [3.63, 3.8) is 0 Å². The topological polar surface area (TPSA) is 83.9 Å². The van der Waals surface area contributed by atoms with Crippen LogP contribution in [0.2, 0.25) is 0 Å². The minimum absolute atomic E-state index is 0.115. The largest absolute Gasteiger partial charge is 0.382 e. The first-order valence-electron chi connectivity index (χ1n) is 7.04. The Morgan fingerprint density at radius 1 is 1.33 bits per heavy atom. The number of benzene rings is 1. The summed E-state index contributed by atoms with van der Waals surface area (Å²) < 4.78 is 1.90. The van der Waals surface area contributed by atoms with Crippen LogP contribution in [0.5, 0.6) is 0 Å². The molecular weight excluding hydrogens is 268 g/mol. The molecule has 1 aromatic carbocycles. The lowest BCUT2D eigenvalue weighted by molar-refractivity contribution is 0.0949. The van der Waals surface area contributed by atoms with E-state index in [2.05, 4.69) is 26.1 Å². The molecule has 7 heteroatoms. The third-order valence-electron chi connectivity index (χ3n) is 3.48. The highest BCUT2D eigenvalue weighted by molar-refractivity contribution is 5.96. The van der Waals surface area contributed by atoms with Crippen molar-refractivity contribution < 1.29 is 4.79 Å². The molecule has 0 unspecified atom stereocenters. The molecule has 0 spiro atoms. The van der Waals surface area contributed by atoms with Gasteiger partial charge in [-0.1, -0.05) is 0 Å². The van der Waals surface area contributed by atoms with Crippen molar-refractivity contribution in [2.75, 3.05) is 23.7 Å². The first kappa shape index (κ1) is 13.4. The number of aromatic nitrogens is 3. The second kappa shape index (κ2) is 5.82. The van der Waals surface area contributed by atoms with Crippen LogP contribution in [0.25, 0.3) is 0 Å². The summed E-state index contributed by atoms with van der Waals surface area (Å²) in [5, 5.41) is 17.3. The summed E-state index contributed by atoms with van der Waals surface area (Å²) in [6.07, 6.45) is 1.66. The Bertz CT molecular complexity index is 651. The van der Waals surface area contributed by atoms with Crippen LogP contribution in [0, 0.1) is 0 Å². The quantitative estimate of drug-likeness (QED) is 0.783. The Hall–Kier alpha value is -2.57. The molecule has 1 aliphatic heterocycles. The Labute approximate surface area is 122 Å². The first-order valence-corrected chi connectivity index (χ1v) is 7.04. The minimum Gasteiger partial charge on any atom is -0.382 e. The number of carbonyl (C=O) groups excluding carboxylic acids is 1. The van der Waals surface area contributed by atoms with Crippen molar-refractivity contribution >= 4 is 17.3 Å². The lowest BCUT2D eigenvalue weighted by Gasteiger charge is -2.20. The van der Waals surface area contributed by atoms with E-state index in [9.17, 15) is 4.79 Å². The molecule has 21 heavy (non-hydrogen) atoms. The second-order valence-corrected chi connectivity index (χ2v) is 4.83. The lowest BCUT2D eigenvalue weighted by atomic mass is 10.1. The summed E-state index contributed by atoms with van der Waals surface area (Å²) in [7, 11) is 0. The molecule has 1 aromatic heterocycles. The molecule has 0 saturated carbocycles. The molecule has 0 radical (unpaired) electrons. The summed E-state index contributed by atoms with van der Waals surface area (Å²) in [5.41, 5.74) is 2.63. The summed E-state index contributed by atoms with van der Waals surface area (Å²) in [5.74, 6) is 0.638. The number of aryl methyl sites for hydroxylation is 1. The fourth-order valence-electron chi connectivity index (χ4n) is 2.32. The van der Waals surface area contributed by atoms with Gasteiger partial charge in [-0.05, 0) is 25.1 Å². The van der Waals surface area contributed by atoms with Gasteiger partial charge in [0.2, 0.25) is 0 Å². The van der Waals surface area contributed by atoms with Gasteiger partial charge >= 0.3 is 0 Å². The summed E-state index contributed by atoms with van der Waals surface area (Å²) in [4.78, 5) is 12.2. The average Bonchev–Trinajstić information content (AvgIpc) is 2.99. The smallest absolute Gasteiger partial charge is 0.251 e. The van der Waals surface area contributed by atoms with Crippen LogP contribution in [0.15, 0.2) is 24.5 Å². The highest BCUT2D eigenvalue weighted by atomic mass is 16.1. The fraction of sp³-hybridized carbons (Fsp3) is 0.357. The van der Waals surface area contributed by atoms with Gasteiger partial charge in [-0.2, -0.15) is 0 Å². The van der Waals surface area contributed by atoms with Gasteiger partial charge in [0.15, 0.2) is 5.82 Å². The lowest BCUT2D eigenvalue weighted by Crippen LogP contribution is -2.25. The average molecular weight is 286 g/mol. The number of fused-ring (bicyclic) bond motifs is 1. The van der Waals surface area contributed by atoms with Crippen LogP contribution in [0.1, 0.15) is 23.1 Å². The number of carbonyl (C=O) groups is 1. The van der Waals surface area contributed by atoms with Crippen molar-refractivity contribution in [2.24, 2.45) is 0 Å². The molecule has 3 rings (SSSR count). The van der Waals surface area contributed by atoms with Crippen molar-refractivity contribution in [1.82, 2.24) is 20.1 Å². The maximum absolute atomic E-state index is 12.2. The van der Waals surface area contributed by atoms with E-state index in [1.54, 1.807) is 6.33 Å². The highest BCUT2D eigenvalue weighted by Gasteiger charge is 2.12.